The van der Waals surface area contributed by atoms with Gasteiger partial charge in [-0.25, -0.2) is 0 Å². The number of para-hydroxylation sites is 2. The molecule has 1 amide bonds. The lowest BCUT2D eigenvalue weighted by molar-refractivity contribution is 0.0944. The molecule has 2 aromatic carbocycles. The van der Waals surface area contributed by atoms with Crippen molar-refractivity contribution in [3.05, 3.63) is 54.1 Å². The first-order chi connectivity index (χ1) is 14.1. The lowest BCUT2D eigenvalue weighted by Gasteiger charge is -2.30. The number of piperidine rings is 1. The number of hydrogen-bond acceptors (Lipinski definition) is 5. The molecule has 1 aliphatic heterocycles. The summed E-state index contributed by atoms with van der Waals surface area (Å²) in [5.41, 5.74) is 2.37. The van der Waals surface area contributed by atoms with Crippen molar-refractivity contribution in [1.82, 2.24) is 10.3 Å². The number of benzene rings is 2. The molecule has 6 nitrogen and oxygen atoms in total. The normalized spacial score (nSPS) is 15.1. The van der Waals surface area contributed by atoms with E-state index in [-0.39, 0.29) is 12.0 Å². The van der Waals surface area contributed by atoms with Crippen LogP contribution in [0.25, 0.3) is 11.1 Å². The van der Waals surface area contributed by atoms with Gasteiger partial charge in [-0.3, -0.25) is 4.79 Å². The molecule has 1 aliphatic rings. The second-order valence-corrected chi connectivity index (χ2v) is 7.80. The Morgan fingerprint density at radius 1 is 1.17 bits per heavy atom. The summed E-state index contributed by atoms with van der Waals surface area (Å²) in [5.74, 6) is 1.20. The second kappa shape index (κ2) is 8.55. The van der Waals surface area contributed by atoms with Crippen molar-refractivity contribution < 1.29 is 13.9 Å². The number of carbonyl (C=O) groups is 1. The summed E-state index contributed by atoms with van der Waals surface area (Å²) >= 11 is 0. The number of aromatic nitrogens is 1. The van der Waals surface area contributed by atoms with E-state index in [1.54, 1.807) is 0 Å². The van der Waals surface area contributed by atoms with Crippen molar-refractivity contribution in [3.8, 4) is 5.75 Å². The molecule has 0 atom stereocenters. The molecule has 1 saturated heterocycles. The lowest BCUT2D eigenvalue weighted by atomic mass is 9.97. The first-order valence-electron chi connectivity index (χ1n) is 10.2. The van der Waals surface area contributed by atoms with Gasteiger partial charge in [0, 0.05) is 25.2 Å². The number of oxazole rings is 1. The number of amides is 1. The van der Waals surface area contributed by atoms with Crippen molar-refractivity contribution in [2.45, 2.75) is 32.8 Å². The van der Waals surface area contributed by atoms with Gasteiger partial charge in [0.05, 0.1) is 6.10 Å². The fraction of sp³-hybridized carbons (Fsp3) is 0.391. The molecule has 0 aliphatic carbocycles. The van der Waals surface area contributed by atoms with E-state index in [9.17, 15) is 4.79 Å². The van der Waals surface area contributed by atoms with Crippen LogP contribution in [0.1, 0.15) is 37.0 Å². The highest BCUT2D eigenvalue weighted by Crippen LogP contribution is 2.26. The minimum absolute atomic E-state index is 0.0394. The van der Waals surface area contributed by atoms with Gasteiger partial charge < -0.3 is 19.4 Å². The maximum atomic E-state index is 12.4. The number of anilines is 1. The number of rotatable bonds is 6. The van der Waals surface area contributed by atoms with Gasteiger partial charge in [0.2, 0.25) is 0 Å². The number of nitrogens with zero attached hydrogens (tertiary/aromatic N) is 2. The minimum atomic E-state index is -0.0394. The van der Waals surface area contributed by atoms with Crippen molar-refractivity contribution in [2.75, 3.05) is 24.5 Å². The molecular weight excluding hydrogens is 366 g/mol. The summed E-state index contributed by atoms with van der Waals surface area (Å²) in [4.78, 5) is 19.2. The summed E-state index contributed by atoms with van der Waals surface area (Å²) in [6, 6.07) is 15.8. The summed E-state index contributed by atoms with van der Waals surface area (Å²) < 4.78 is 11.5. The fourth-order valence-corrected chi connectivity index (χ4v) is 3.62. The number of carbonyl (C=O) groups excluding carboxylic acids is 1. The molecule has 3 aromatic rings. The van der Waals surface area contributed by atoms with Gasteiger partial charge in [0.25, 0.3) is 11.9 Å². The molecule has 0 unspecified atom stereocenters. The maximum absolute atomic E-state index is 12.4. The van der Waals surface area contributed by atoms with E-state index in [1.807, 2.05) is 62.4 Å². The standard InChI is InChI=1S/C23H27N3O3/c1-16(2)28-19-9-7-18(8-10-19)22(27)24-15-17-11-13-26(14-12-17)23-25-20-5-3-4-6-21(20)29-23/h3-10,16-17H,11-15H2,1-2H3,(H,24,27). The van der Waals surface area contributed by atoms with E-state index in [0.717, 1.165) is 42.8 Å². The molecule has 1 fully saturated rings. The summed E-state index contributed by atoms with van der Waals surface area (Å²) in [6.45, 7) is 6.42. The quantitative estimate of drug-likeness (QED) is 0.678. The van der Waals surface area contributed by atoms with Gasteiger partial charge in [-0.15, -0.1) is 0 Å². The van der Waals surface area contributed by atoms with Crippen LogP contribution >= 0.6 is 0 Å². The van der Waals surface area contributed by atoms with Gasteiger partial charge in [0.15, 0.2) is 5.58 Å². The zero-order valence-electron chi connectivity index (χ0n) is 16.9. The van der Waals surface area contributed by atoms with Crippen LogP contribution in [0.15, 0.2) is 52.9 Å². The van der Waals surface area contributed by atoms with Crippen LogP contribution in [0.2, 0.25) is 0 Å². The average molecular weight is 393 g/mol. The molecule has 0 bridgehead atoms. The maximum Gasteiger partial charge on any atom is 0.298 e. The Hall–Kier alpha value is -3.02. The van der Waals surface area contributed by atoms with Gasteiger partial charge in [-0.1, -0.05) is 12.1 Å². The van der Waals surface area contributed by atoms with Crippen LogP contribution in [-0.2, 0) is 0 Å². The average Bonchev–Trinajstić information content (AvgIpc) is 3.17. The topological polar surface area (TPSA) is 67.6 Å². The van der Waals surface area contributed by atoms with Gasteiger partial charge in [0.1, 0.15) is 11.3 Å². The second-order valence-electron chi connectivity index (χ2n) is 7.80. The third kappa shape index (κ3) is 4.70. The van der Waals surface area contributed by atoms with Crippen LogP contribution in [0.4, 0.5) is 6.01 Å². The molecule has 4 rings (SSSR count). The number of fused-ring (bicyclic) bond motifs is 1. The first kappa shape index (κ1) is 19.3. The van der Waals surface area contributed by atoms with Crippen molar-refractivity contribution in [3.63, 3.8) is 0 Å². The molecule has 1 N–H and O–H groups in total. The number of ether oxygens (including phenoxy) is 1. The van der Waals surface area contributed by atoms with Crippen molar-refractivity contribution in [2.24, 2.45) is 5.92 Å². The zero-order valence-corrected chi connectivity index (χ0v) is 16.9. The Morgan fingerprint density at radius 2 is 1.90 bits per heavy atom. The van der Waals surface area contributed by atoms with Crippen LogP contribution < -0.4 is 15.0 Å². The summed E-state index contributed by atoms with van der Waals surface area (Å²) in [7, 11) is 0. The van der Waals surface area contributed by atoms with E-state index >= 15 is 0 Å². The number of nitrogens with one attached hydrogen (secondary N) is 1. The molecule has 152 valence electrons. The highest BCUT2D eigenvalue weighted by Gasteiger charge is 2.23. The number of hydrogen-bond donors (Lipinski definition) is 1. The molecule has 0 spiro atoms. The molecule has 0 radical (unpaired) electrons. The molecule has 29 heavy (non-hydrogen) atoms. The predicted octanol–water partition coefficient (Wildman–Crippen LogP) is 4.26. The van der Waals surface area contributed by atoms with Gasteiger partial charge >= 0.3 is 0 Å². The monoisotopic (exact) mass is 393 g/mol. The third-order valence-corrected chi connectivity index (χ3v) is 5.21. The fourth-order valence-electron chi connectivity index (χ4n) is 3.62. The Bertz CT molecular complexity index is 924. The summed E-state index contributed by atoms with van der Waals surface area (Å²) in [5, 5.41) is 3.07. The third-order valence-electron chi connectivity index (χ3n) is 5.21. The van der Waals surface area contributed by atoms with Crippen molar-refractivity contribution >= 4 is 23.0 Å². The lowest BCUT2D eigenvalue weighted by Crippen LogP contribution is -2.38. The molecular formula is C23H27N3O3. The van der Waals surface area contributed by atoms with E-state index in [1.165, 1.54) is 0 Å². The highest BCUT2D eigenvalue weighted by molar-refractivity contribution is 5.94. The highest BCUT2D eigenvalue weighted by atomic mass is 16.5. The Balaban J connectivity index is 1.26. The van der Waals surface area contributed by atoms with Crippen LogP contribution in [-0.4, -0.2) is 36.6 Å². The predicted molar refractivity (Wildman–Crippen MR) is 113 cm³/mol. The van der Waals surface area contributed by atoms with Crippen LogP contribution in [0.3, 0.4) is 0 Å². The molecule has 2 heterocycles. The van der Waals surface area contributed by atoms with E-state index < -0.39 is 0 Å². The SMILES string of the molecule is CC(C)Oc1ccc(C(=O)NCC2CCN(c3nc4ccccc4o3)CC2)cc1. The Morgan fingerprint density at radius 3 is 2.59 bits per heavy atom. The van der Waals surface area contributed by atoms with Crippen LogP contribution in [0, 0.1) is 5.92 Å². The van der Waals surface area contributed by atoms with Gasteiger partial charge in [-0.05, 0) is 69.0 Å². The van der Waals surface area contributed by atoms with Gasteiger partial charge in [-0.2, -0.15) is 4.98 Å². The van der Waals surface area contributed by atoms with E-state index in [4.69, 9.17) is 9.15 Å². The van der Waals surface area contributed by atoms with Crippen molar-refractivity contribution in [1.29, 1.82) is 0 Å². The minimum Gasteiger partial charge on any atom is -0.491 e. The Labute approximate surface area is 170 Å². The molecule has 0 saturated carbocycles. The Kier molecular flexibility index (Phi) is 5.69. The smallest absolute Gasteiger partial charge is 0.298 e. The van der Waals surface area contributed by atoms with E-state index in [2.05, 4.69) is 15.2 Å². The molecule has 6 heteroatoms. The molecule has 1 aromatic heterocycles. The summed E-state index contributed by atoms with van der Waals surface area (Å²) in [6.07, 6.45) is 2.12. The van der Waals surface area contributed by atoms with E-state index in [0.29, 0.717) is 24.0 Å². The largest absolute Gasteiger partial charge is 0.491 e. The first-order valence-corrected chi connectivity index (χ1v) is 10.2. The van der Waals surface area contributed by atoms with Crippen LogP contribution in [0.5, 0.6) is 5.75 Å². The zero-order chi connectivity index (χ0) is 20.2.